The van der Waals surface area contributed by atoms with Gasteiger partial charge in [-0.05, 0) is 17.9 Å². The van der Waals surface area contributed by atoms with E-state index in [4.69, 9.17) is 5.11 Å². The Hall–Kier alpha value is -1.54. The van der Waals surface area contributed by atoms with Crippen LogP contribution in [0.2, 0.25) is 0 Å². The normalized spacial score (nSPS) is 10.7. The molecule has 0 aliphatic carbocycles. The summed E-state index contributed by atoms with van der Waals surface area (Å²) in [4.78, 5) is 13.9. The number of aromatic nitrogens is 3. The Kier molecular flexibility index (Phi) is 5.02. The van der Waals surface area contributed by atoms with E-state index in [0.29, 0.717) is 5.16 Å². The zero-order valence-electron chi connectivity index (χ0n) is 11.3. The van der Waals surface area contributed by atoms with E-state index < -0.39 is 5.97 Å². The first-order chi connectivity index (χ1) is 9.58. The van der Waals surface area contributed by atoms with Crippen molar-refractivity contribution in [2.45, 2.75) is 11.6 Å². The molecule has 0 saturated heterocycles. The molecule has 0 unspecified atom stereocenters. The number of rotatable bonds is 7. The smallest absolute Gasteiger partial charge is 0.313 e. The molecule has 0 aromatic carbocycles. The molecule has 20 heavy (non-hydrogen) atoms. The Balaban J connectivity index is 1.95. The number of thiophene rings is 1. The molecule has 2 heterocycles. The molecule has 2 rings (SSSR count). The molecule has 8 heteroatoms. The molecule has 0 atom stereocenters. The maximum atomic E-state index is 10.6. The Morgan fingerprint density at radius 2 is 2.35 bits per heavy atom. The fourth-order valence-corrected chi connectivity index (χ4v) is 3.05. The molecule has 0 aliphatic rings. The molecule has 0 aliphatic heterocycles. The Morgan fingerprint density at radius 3 is 3.00 bits per heavy atom. The molecule has 0 amide bonds. The highest BCUT2D eigenvalue weighted by molar-refractivity contribution is 7.99. The summed E-state index contributed by atoms with van der Waals surface area (Å²) in [6.45, 7) is 0.843. The van der Waals surface area contributed by atoms with Crippen LogP contribution in [-0.2, 0) is 18.3 Å². The first-order valence-corrected chi connectivity index (χ1v) is 7.92. The van der Waals surface area contributed by atoms with Crippen LogP contribution in [0, 0.1) is 0 Å². The number of carboxylic acid groups (broad SMARTS) is 1. The van der Waals surface area contributed by atoms with Gasteiger partial charge in [0.2, 0.25) is 5.95 Å². The van der Waals surface area contributed by atoms with Crippen LogP contribution in [0.3, 0.4) is 0 Å². The van der Waals surface area contributed by atoms with Crippen LogP contribution in [0.15, 0.2) is 22.7 Å². The Bertz CT molecular complexity index is 568. The fourth-order valence-electron chi connectivity index (χ4n) is 1.72. The molecule has 0 radical (unpaired) electrons. The van der Waals surface area contributed by atoms with Crippen LogP contribution in [0.5, 0.6) is 0 Å². The summed E-state index contributed by atoms with van der Waals surface area (Å²) in [5.41, 5.74) is 0. The van der Waals surface area contributed by atoms with Gasteiger partial charge in [-0.1, -0.05) is 17.8 Å². The summed E-state index contributed by atoms with van der Waals surface area (Å²) >= 11 is 2.92. The van der Waals surface area contributed by atoms with Gasteiger partial charge in [0, 0.05) is 25.5 Å². The fraction of sp³-hybridized carbons (Fsp3) is 0.417. The highest BCUT2D eigenvalue weighted by Crippen LogP contribution is 2.20. The van der Waals surface area contributed by atoms with Gasteiger partial charge >= 0.3 is 5.97 Å². The molecular formula is C12H16N4O2S2. The molecule has 0 spiro atoms. The monoisotopic (exact) mass is 312 g/mol. The Labute approximate surface area is 125 Å². The number of anilines is 1. The third-order valence-corrected chi connectivity index (χ3v) is 4.69. The predicted molar refractivity (Wildman–Crippen MR) is 80.7 cm³/mol. The number of likely N-dealkylation sites (N-methyl/N-ethyl adjacent to an activating group) is 1. The summed E-state index contributed by atoms with van der Waals surface area (Å²) in [6.07, 6.45) is 0.957. The van der Waals surface area contributed by atoms with Gasteiger partial charge in [0.1, 0.15) is 0 Å². The van der Waals surface area contributed by atoms with Crippen molar-refractivity contribution in [1.29, 1.82) is 0 Å². The minimum atomic E-state index is -0.856. The van der Waals surface area contributed by atoms with Crippen LogP contribution in [0.1, 0.15) is 4.88 Å². The first-order valence-electron chi connectivity index (χ1n) is 6.05. The van der Waals surface area contributed by atoms with Crippen molar-refractivity contribution in [2.75, 3.05) is 24.2 Å². The van der Waals surface area contributed by atoms with Crippen molar-refractivity contribution in [2.24, 2.45) is 7.05 Å². The maximum Gasteiger partial charge on any atom is 0.313 e. The molecule has 1 N–H and O–H groups in total. The van der Waals surface area contributed by atoms with E-state index in [1.807, 2.05) is 29.6 Å². The van der Waals surface area contributed by atoms with Gasteiger partial charge in [0.15, 0.2) is 5.16 Å². The number of carboxylic acids is 1. The van der Waals surface area contributed by atoms with Crippen molar-refractivity contribution in [1.82, 2.24) is 14.8 Å². The van der Waals surface area contributed by atoms with E-state index in [0.717, 1.165) is 18.9 Å². The summed E-state index contributed by atoms with van der Waals surface area (Å²) in [6, 6.07) is 4.16. The first kappa shape index (κ1) is 14.9. The molecule has 108 valence electrons. The largest absolute Gasteiger partial charge is 0.481 e. The Morgan fingerprint density at radius 1 is 1.55 bits per heavy atom. The molecule has 0 fully saturated rings. The number of thioether (sulfide) groups is 1. The zero-order chi connectivity index (χ0) is 14.5. The van der Waals surface area contributed by atoms with E-state index in [-0.39, 0.29) is 5.75 Å². The third-order valence-electron chi connectivity index (χ3n) is 2.75. The van der Waals surface area contributed by atoms with Gasteiger partial charge in [-0.25, -0.2) is 0 Å². The SMILES string of the molecule is CN(CCc1cccs1)c1nnc(SCC(=O)O)n1C. The van der Waals surface area contributed by atoms with Crippen molar-refractivity contribution in [3.8, 4) is 0 Å². The second-order valence-corrected chi connectivity index (χ2v) is 6.25. The minimum Gasteiger partial charge on any atom is -0.481 e. The van der Waals surface area contributed by atoms with Crippen molar-refractivity contribution in [3.05, 3.63) is 22.4 Å². The van der Waals surface area contributed by atoms with Crippen LogP contribution >= 0.6 is 23.1 Å². The molecule has 0 bridgehead atoms. The molecule has 6 nitrogen and oxygen atoms in total. The van der Waals surface area contributed by atoms with Gasteiger partial charge in [0.25, 0.3) is 0 Å². The minimum absolute atomic E-state index is 0.00904. The van der Waals surface area contributed by atoms with Gasteiger partial charge in [-0.15, -0.1) is 21.5 Å². The van der Waals surface area contributed by atoms with Crippen LogP contribution in [-0.4, -0.2) is 45.2 Å². The lowest BCUT2D eigenvalue weighted by Crippen LogP contribution is -2.23. The van der Waals surface area contributed by atoms with E-state index in [2.05, 4.69) is 21.6 Å². The number of aliphatic carboxylic acids is 1. The zero-order valence-corrected chi connectivity index (χ0v) is 12.9. The lowest BCUT2D eigenvalue weighted by atomic mass is 10.3. The number of nitrogens with zero attached hydrogens (tertiary/aromatic N) is 4. The van der Waals surface area contributed by atoms with Crippen LogP contribution in [0.4, 0.5) is 5.95 Å². The van der Waals surface area contributed by atoms with Gasteiger partial charge in [0.05, 0.1) is 5.75 Å². The summed E-state index contributed by atoms with van der Waals surface area (Å²) in [5, 5.41) is 19.5. The van der Waals surface area contributed by atoms with Crippen molar-refractivity contribution < 1.29 is 9.90 Å². The highest BCUT2D eigenvalue weighted by Gasteiger charge is 2.14. The van der Waals surface area contributed by atoms with E-state index in [1.54, 1.807) is 11.3 Å². The third kappa shape index (κ3) is 3.73. The maximum absolute atomic E-state index is 10.6. The topological polar surface area (TPSA) is 71.2 Å². The molecule has 0 saturated carbocycles. The number of hydrogen-bond acceptors (Lipinski definition) is 6. The number of hydrogen-bond donors (Lipinski definition) is 1. The quantitative estimate of drug-likeness (QED) is 0.785. The highest BCUT2D eigenvalue weighted by atomic mass is 32.2. The number of carbonyl (C=O) groups is 1. The summed E-state index contributed by atoms with van der Waals surface area (Å²) < 4.78 is 1.82. The molecule has 2 aromatic heterocycles. The lowest BCUT2D eigenvalue weighted by Gasteiger charge is -2.17. The lowest BCUT2D eigenvalue weighted by molar-refractivity contribution is -0.133. The summed E-state index contributed by atoms with van der Waals surface area (Å²) in [7, 11) is 3.81. The molecular weight excluding hydrogens is 296 g/mol. The van der Waals surface area contributed by atoms with Gasteiger partial charge in [-0.3, -0.25) is 9.36 Å². The van der Waals surface area contributed by atoms with E-state index in [9.17, 15) is 4.79 Å². The van der Waals surface area contributed by atoms with E-state index >= 15 is 0 Å². The van der Waals surface area contributed by atoms with Crippen LogP contribution in [0.25, 0.3) is 0 Å². The standard InChI is InChI=1S/C12H16N4O2S2/c1-15(6-5-9-4-3-7-19-9)11-13-14-12(16(11)2)20-8-10(17)18/h3-4,7H,5-6,8H2,1-2H3,(H,17,18). The van der Waals surface area contributed by atoms with Crippen molar-refractivity contribution in [3.63, 3.8) is 0 Å². The van der Waals surface area contributed by atoms with E-state index in [1.165, 1.54) is 16.6 Å². The van der Waals surface area contributed by atoms with Gasteiger partial charge < -0.3 is 10.0 Å². The summed E-state index contributed by atoms with van der Waals surface area (Å²) in [5.74, 6) is -0.120. The average molecular weight is 312 g/mol. The van der Waals surface area contributed by atoms with Gasteiger partial charge in [-0.2, -0.15) is 0 Å². The molecule has 2 aromatic rings. The second-order valence-electron chi connectivity index (χ2n) is 4.27. The van der Waals surface area contributed by atoms with Crippen molar-refractivity contribution >= 4 is 35.0 Å². The second kappa shape index (κ2) is 6.76. The average Bonchev–Trinajstić information content (AvgIpc) is 3.03. The predicted octanol–water partition coefficient (Wildman–Crippen LogP) is 1.73. The van der Waals surface area contributed by atoms with Crippen LogP contribution < -0.4 is 4.90 Å².